The van der Waals surface area contributed by atoms with Crippen molar-refractivity contribution in [2.75, 3.05) is 26.2 Å². The van der Waals surface area contributed by atoms with Gasteiger partial charge in [-0.3, -0.25) is 14.1 Å². The van der Waals surface area contributed by atoms with Gasteiger partial charge in [-0.15, -0.1) is 10.2 Å². The Labute approximate surface area is 199 Å². The Bertz CT molecular complexity index is 1280. The van der Waals surface area contributed by atoms with Crippen LogP contribution in [-0.2, 0) is 11.2 Å². The summed E-state index contributed by atoms with van der Waals surface area (Å²) in [6.45, 7) is 3.70. The van der Waals surface area contributed by atoms with Gasteiger partial charge >= 0.3 is 0 Å². The van der Waals surface area contributed by atoms with Gasteiger partial charge in [-0.05, 0) is 18.9 Å². The zero-order valence-electron chi connectivity index (χ0n) is 19.5. The third kappa shape index (κ3) is 4.07. The van der Waals surface area contributed by atoms with Gasteiger partial charge in [0, 0.05) is 63.0 Å². The minimum absolute atomic E-state index is 0.219. The van der Waals surface area contributed by atoms with Crippen LogP contribution in [0.4, 0.5) is 0 Å². The van der Waals surface area contributed by atoms with Crippen LogP contribution in [0.15, 0.2) is 48.8 Å². The molecule has 0 radical (unpaired) electrons. The molecule has 0 unspecified atom stereocenters. The van der Waals surface area contributed by atoms with Gasteiger partial charge in [0.15, 0.2) is 5.65 Å². The maximum atomic E-state index is 12.9. The van der Waals surface area contributed by atoms with Crippen LogP contribution in [0.25, 0.3) is 22.4 Å². The van der Waals surface area contributed by atoms with Crippen LogP contribution in [0.3, 0.4) is 0 Å². The van der Waals surface area contributed by atoms with E-state index in [9.17, 15) is 4.79 Å². The lowest BCUT2D eigenvalue weighted by Gasteiger charge is -2.40. The van der Waals surface area contributed by atoms with E-state index < -0.39 is 0 Å². The number of aromatic nitrogens is 5. The Morgan fingerprint density at radius 2 is 1.74 bits per heavy atom. The van der Waals surface area contributed by atoms with E-state index in [0.29, 0.717) is 12.8 Å². The first-order chi connectivity index (χ1) is 16.8. The summed E-state index contributed by atoms with van der Waals surface area (Å²) in [6, 6.07) is 12.9. The summed E-state index contributed by atoms with van der Waals surface area (Å²) in [5.74, 6) is 1.03. The fourth-order valence-electron chi connectivity index (χ4n) is 5.54. The number of fused-ring (bicyclic) bond motifs is 3. The minimum Gasteiger partial charge on any atom is -0.340 e. The van der Waals surface area contributed by atoms with Crippen LogP contribution < -0.4 is 0 Å². The fourth-order valence-corrected chi connectivity index (χ4v) is 5.54. The van der Waals surface area contributed by atoms with Crippen molar-refractivity contribution in [1.82, 2.24) is 34.0 Å². The molecule has 0 bridgehead atoms. The normalized spacial score (nSPS) is 18.2. The third-order valence-corrected chi connectivity index (χ3v) is 7.48. The minimum atomic E-state index is 0.219. The summed E-state index contributed by atoms with van der Waals surface area (Å²) >= 11 is 0. The van der Waals surface area contributed by atoms with E-state index in [-0.39, 0.29) is 5.91 Å². The summed E-state index contributed by atoms with van der Waals surface area (Å²) in [4.78, 5) is 17.6. The first-order valence-corrected chi connectivity index (χ1v) is 12.6. The Balaban J connectivity index is 1.11. The molecule has 1 aliphatic heterocycles. The van der Waals surface area contributed by atoms with Crippen molar-refractivity contribution in [3.8, 4) is 11.3 Å². The van der Waals surface area contributed by atoms with Gasteiger partial charge in [0.05, 0.1) is 5.69 Å². The number of amides is 1. The Hall–Kier alpha value is -3.26. The topological polar surface area (TPSA) is 71.0 Å². The number of carbonyl (C=O) groups is 1. The second kappa shape index (κ2) is 9.18. The predicted molar refractivity (Wildman–Crippen MR) is 131 cm³/mol. The van der Waals surface area contributed by atoms with Crippen molar-refractivity contribution >= 4 is 17.1 Å². The zero-order valence-corrected chi connectivity index (χ0v) is 19.5. The molecule has 6 rings (SSSR count). The summed E-state index contributed by atoms with van der Waals surface area (Å²) in [5.41, 5.74) is 3.64. The molecule has 0 atom stereocenters. The maximum absolute atomic E-state index is 12.9. The molecule has 3 aromatic heterocycles. The van der Waals surface area contributed by atoms with E-state index >= 15 is 0 Å². The van der Waals surface area contributed by atoms with Crippen molar-refractivity contribution in [1.29, 1.82) is 0 Å². The molecule has 34 heavy (non-hydrogen) atoms. The van der Waals surface area contributed by atoms with Crippen LogP contribution >= 0.6 is 0 Å². The second-order valence-electron chi connectivity index (χ2n) is 9.54. The SMILES string of the molecule is O=C(CCc1nnc2c3cc(-c4ccccc4)nn3ccn12)N1CCN(C2CCCCC2)CC1. The Morgan fingerprint density at radius 1 is 0.941 bits per heavy atom. The van der Waals surface area contributed by atoms with Crippen molar-refractivity contribution in [3.63, 3.8) is 0 Å². The van der Waals surface area contributed by atoms with Gasteiger partial charge in [0.25, 0.3) is 0 Å². The summed E-state index contributed by atoms with van der Waals surface area (Å²) in [6.07, 6.45) is 11.7. The molecule has 0 spiro atoms. The fraction of sp³-hybridized carbons (Fsp3) is 0.462. The standard InChI is InChI=1S/C26H31N7O/c34-25(31-15-13-30(14-16-31)21-9-5-2-6-10-21)12-11-24-27-28-26-23-19-22(20-7-3-1-4-8-20)29-33(23)18-17-32(24)26/h1,3-4,7-8,17-19,21H,2,5-6,9-16H2. The average molecular weight is 458 g/mol. The molecule has 0 N–H and O–H groups in total. The third-order valence-electron chi connectivity index (χ3n) is 7.48. The highest BCUT2D eigenvalue weighted by molar-refractivity contribution is 5.77. The van der Waals surface area contributed by atoms with E-state index in [1.165, 1.54) is 32.1 Å². The predicted octanol–water partition coefficient (Wildman–Crippen LogP) is 3.45. The number of piperazine rings is 1. The summed E-state index contributed by atoms with van der Waals surface area (Å²) in [5, 5.41) is 13.5. The zero-order chi connectivity index (χ0) is 22.9. The highest BCUT2D eigenvalue weighted by atomic mass is 16.2. The number of nitrogens with zero attached hydrogens (tertiary/aromatic N) is 7. The molecule has 4 aromatic rings. The molecule has 1 aliphatic carbocycles. The molecule has 1 saturated heterocycles. The lowest BCUT2D eigenvalue weighted by atomic mass is 9.94. The van der Waals surface area contributed by atoms with E-state index in [1.54, 1.807) is 0 Å². The highest BCUT2D eigenvalue weighted by Crippen LogP contribution is 2.24. The quantitative estimate of drug-likeness (QED) is 0.459. The smallest absolute Gasteiger partial charge is 0.223 e. The highest BCUT2D eigenvalue weighted by Gasteiger charge is 2.27. The lowest BCUT2D eigenvalue weighted by Crippen LogP contribution is -2.52. The molecule has 1 amide bonds. The number of aryl methyl sites for hydroxylation is 1. The van der Waals surface area contributed by atoms with Crippen LogP contribution in [0.5, 0.6) is 0 Å². The molecular weight excluding hydrogens is 426 g/mol. The first-order valence-electron chi connectivity index (χ1n) is 12.6. The largest absolute Gasteiger partial charge is 0.340 e. The van der Waals surface area contributed by atoms with E-state index in [1.807, 2.05) is 50.5 Å². The van der Waals surface area contributed by atoms with Gasteiger partial charge in [-0.25, -0.2) is 4.52 Å². The maximum Gasteiger partial charge on any atom is 0.223 e. The van der Waals surface area contributed by atoms with Gasteiger partial charge in [0.1, 0.15) is 11.3 Å². The van der Waals surface area contributed by atoms with Crippen molar-refractivity contribution in [3.05, 3.63) is 54.6 Å². The van der Waals surface area contributed by atoms with Crippen molar-refractivity contribution in [2.24, 2.45) is 0 Å². The van der Waals surface area contributed by atoms with Crippen molar-refractivity contribution < 1.29 is 4.79 Å². The van der Waals surface area contributed by atoms with Gasteiger partial charge in [0.2, 0.25) is 5.91 Å². The summed E-state index contributed by atoms with van der Waals surface area (Å²) < 4.78 is 3.83. The van der Waals surface area contributed by atoms with E-state index in [0.717, 1.165) is 60.5 Å². The molecular formula is C26H31N7O. The van der Waals surface area contributed by atoms with Gasteiger partial charge in [-0.1, -0.05) is 49.6 Å². The second-order valence-corrected chi connectivity index (χ2v) is 9.54. The van der Waals surface area contributed by atoms with Crippen LogP contribution in [0, 0.1) is 0 Å². The van der Waals surface area contributed by atoms with E-state index in [4.69, 9.17) is 0 Å². The lowest BCUT2D eigenvalue weighted by molar-refractivity contribution is -0.133. The number of rotatable bonds is 5. The molecule has 4 heterocycles. The average Bonchev–Trinajstić information content (AvgIpc) is 3.52. The molecule has 176 valence electrons. The molecule has 8 heteroatoms. The number of carbonyl (C=O) groups excluding carboxylic acids is 1. The van der Waals surface area contributed by atoms with E-state index in [2.05, 4.69) is 32.3 Å². The monoisotopic (exact) mass is 457 g/mol. The molecule has 8 nitrogen and oxygen atoms in total. The number of hydrogen-bond donors (Lipinski definition) is 0. The number of hydrogen-bond acceptors (Lipinski definition) is 5. The van der Waals surface area contributed by atoms with Crippen LogP contribution in [0.1, 0.15) is 44.3 Å². The molecule has 1 saturated carbocycles. The van der Waals surface area contributed by atoms with Crippen molar-refractivity contribution in [2.45, 2.75) is 51.0 Å². The van der Waals surface area contributed by atoms with Crippen LogP contribution in [0.2, 0.25) is 0 Å². The van der Waals surface area contributed by atoms with Gasteiger partial charge < -0.3 is 4.90 Å². The Kier molecular flexibility index (Phi) is 5.74. The van der Waals surface area contributed by atoms with Crippen LogP contribution in [-0.4, -0.2) is 72.1 Å². The molecule has 2 aliphatic rings. The number of benzene rings is 1. The molecule has 2 fully saturated rings. The van der Waals surface area contributed by atoms with Gasteiger partial charge in [-0.2, -0.15) is 5.10 Å². The summed E-state index contributed by atoms with van der Waals surface area (Å²) in [7, 11) is 0. The molecule has 1 aromatic carbocycles. The Morgan fingerprint density at radius 3 is 2.53 bits per heavy atom. The first kappa shape index (κ1) is 21.3.